The molecule has 0 atom stereocenters. The summed E-state index contributed by atoms with van der Waals surface area (Å²) >= 11 is 0. The molecule has 0 saturated heterocycles. The second-order valence-electron chi connectivity index (χ2n) is 3.73. The first-order chi connectivity index (χ1) is 5.68. The third-order valence-electron chi connectivity index (χ3n) is 1.93. The summed E-state index contributed by atoms with van der Waals surface area (Å²) in [6, 6.07) is 0. The van der Waals surface area contributed by atoms with Crippen LogP contribution >= 0.6 is 0 Å². The summed E-state index contributed by atoms with van der Waals surface area (Å²) in [6.45, 7) is 6.49. The molecular formula is C10H18N2. The molecular weight excluding hydrogens is 148 g/mol. The lowest BCUT2D eigenvalue weighted by atomic mass is 10.2. The van der Waals surface area contributed by atoms with Crippen LogP contribution in [-0.4, -0.2) is 31.3 Å². The Morgan fingerprint density at radius 1 is 1.58 bits per heavy atom. The lowest BCUT2D eigenvalue weighted by Gasteiger charge is -2.19. The highest BCUT2D eigenvalue weighted by Crippen LogP contribution is 2.09. The fourth-order valence-electron chi connectivity index (χ4n) is 1.12. The van der Waals surface area contributed by atoms with E-state index >= 15 is 0 Å². The van der Waals surface area contributed by atoms with Gasteiger partial charge in [-0.05, 0) is 19.0 Å². The van der Waals surface area contributed by atoms with Crippen LogP contribution in [-0.2, 0) is 0 Å². The van der Waals surface area contributed by atoms with Gasteiger partial charge in [0, 0.05) is 31.4 Å². The van der Waals surface area contributed by atoms with Gasteiger partial charge in [-0.25, -0.2) is 0 Å². The zero-order valence-corrected chi connectivity index (χ0v) is 8.25. The standard InChI is InChI=1S/C10H18N2/c1-9(2)8-11-10-4-6-12(3)7-5-10/h4,8-9H,5-7H2,1-3H3/b11-8-. The Morgan fingerprint density at radius 2 is 2.33 bits per heavy atom. The number of rotatable bonds is 2. The molecule has 1 aliphatic rings. The summed E-state index contributed by atoms with van der Waals surface area (Å²) < 4.78 is 0. The van der Waals surface area contributed by atoms with E-state index in [9.17, 15) is 0 Å². The van der Waals surface area contributed by atoms with Crippen LogP contribution in [0.3, 0.4) is 0 Å². The lowest BCUT2D eigenvalue weighted by molar-refractivity contribution is 0.358. The fraction of sp³-hybridized carbons (Fsp3) is 0.700. The number of aliphatic imine (C=N–C) groups is 1. The van der Waals surface area contributed by atoms with Crippen LogP contribution in [0.15, 0.2) is 16.8 Å². The summed E-state index contributed by atoms with van der Waals surface area (Å²) in [5, 5.41) is 0. The third-order valence-corrected chi connectivity index (χ3v) is 1.93. The Balaban J connectivity index is 2.43. The first-order valence-electron chi connectivity index (χ1n) is 4.60. The fourth-order valence-corrected chi connectivity index (χ4v) is 1.12. The van der Waals surface area contributed by atoms with Crippen molar-refractivity contribution in [1.82, 2.24) is 4.90 Å². The molecule has 0 spiro atoms. The van der Waals surface area contributed by atoms with E-state index in [0.29, 0.717) is 5.92 Å². The van der Waals surface area contributed by atoms with Gasteiger partial charge in [0.1, 0.15) is 0 Å². The van der Waals surface area contributed by atoms with Crippen molar-refractivity contribution in [1.29, 1.82) is 0 Å². The molecule has 1 aliphatic heterocycles. The van der Waals surface area contributed by atoms with Gasteiger partial charge in [-0.1, -0.05) is 13.8 Å². The maximum atomic E-state index is 4.43. The van der Waals surface area contributed by atoms with Gasteiger partial charge in [-0.15, -0.1) is 0 Å². The highest BCUT2D eigenvalue weighted by molar-refractivity contribution is 5.61. The molecule has 0 unspecified atom stereocenters. The Labute approximate surface area is 75.0 Å². The third kappa shape index (κ3) is 3.18. The van der Waals surface area contributed by atoms with Gasteiger partial charge >= 0.3 is 0 Å². The second-order valence-corrected chi connectivity index (χ2v) is 3.73. The summed E-state index contributed by atoms with van der Waals surface area (Å²) in [4.78, 5) is 6.73. The summed E-state index contributed by atoms with van der Waals surface area (Å²) in [5.74, 6) is 0.561. The predicted octanol–water partition coefficient (Wildman–Crippen LogP) is 1.93. The average Bonchev–Trinajstić information content (AvgIpc) is 2.03. The minimum atomic E-state index is 0.561. The van der Waals surface area contributed by atoms with Gasteiger partial charge in [0.05, 0.1) is 0 Å². The number of nitrogens with zero attached hydrogens (tertiary/aromatic N) is 2. The molecule has 1 rings (SSSR count). The normalized spacial score (nSPS) is 20.5. The minimum absolute atomic E-state index is 0.561. The maximum Gasteiger partial charge on any atom is 0.0385 e. The Bertz CT molecular complexity index is 192. The van der Waals surface area contributed by atoms with E-state index in [1.165, 1.54) is 5.70 Å². The highest BCUT2D eigenvalue weighted by atomic mass is 15.1. The molecule has 0 aliphatic carbocycles. The maximum absolute atomic E-state index is 4.43. The molecule has 1 heterocycles. The van der Waals surface area contributed by atoms with Crippen LogP contribution in [0.2, 0.25) is 0 Å². The van der Waals surface area contributed by atoms with E-state index in [2.05, 4.69) is 36.9 Å². The van der Waals surface area contributed by atoms with Crippen LogP contribution in [0.4, 0.5) is 0 Å². The summed E-state index contributed by atoms with van der Waals surface area (Å²) in [7, 11) is 2.14. The molecule has 0 aromatic carbocycles. The monoisotopic (exact) mass is 166 g/mol. The Hall–Kier alpha value is -0.630. The van der Waals surface area contributed by atoms with E-state index in [1.54, 1.807) is 0 Å². The molecule has 0 fully saturated rings. The molecule has 0 saturated carbocycles. The molecule has 0 bridgehead atoms. The molecule has 68 valence electrons. The van der Waals surface area contributed by atoms with E-state index in [0.717, 1.165) is 19.5 Å². The molecule has 2 heteroatoms. The van der Waals surface area contributed by atoms with Crippen LogP contribution in [0.25, 0.3) is 0 Å². The van der Waals surface area contributed by atoms with Gasteiger partial charge < -0.3 is 4.90 Å². The molecule has 0 N–H and O–H groups in total. The van der Waals surface area contributed by atoms with Gasteiger partial charge in [-0.3, -0.25) is 4.99 Å². The van der Waals surface area contributed by atoms with E-state index < -0.39 is 0 Å². The zero-order valence-electron chi connectivity index (χ0n) is 8.25. The van der Waals surface area contributed by atoms with E-state index in [-0.39, 0.29) is 0 Å². The van der Waals surface area contributed by atoms with Crippen molar-refractivity contribution in [3.63, 3.8) is 0 Å². The van der Waals surface area contributed by atoms with Gasteiger partial charge in [0.2, 0.25) is 0 Å². The number of likely N-dealkylation sites (N-methyl/N-ethyl adjacent to an activating group) is 1. The number of hydrogen-bond donors (Lipinski definition) is 0. The minimum Gasteiger partial charge on any atom is -0.302 e. The van der Waals surface area contributed by atoms with Crippen molar-refractivity contribution in [2.24, 2.45) is 10.9 Å². The summed E-state index contributed by atoms with van der Waals surface area (Å²) in [6.07, 6.45) is 5.33. The first-order valence-corrected chi connectivity index (χ1v) is 4.60. The predicted molar refractivity (Wildman–Crippen MR) is 53.5 cm³/mol. The molecule has 2 nitrogen and oxygen atoms in total. The average molecular weight is 166 g/mol. The highest BCUT2D eigenvalue weighted by Gasteiger charge is 2.05. The van der Waals surface area contributed by atoms with Crippen molar-refractivity contribution < 1.29 is 0 Å². The molecule has 0 radical (unpaired) electrons. The van der Waals surface area contributed by atoms with E-state index in [4.69, 9.17) is 0 Å². The SMILES string of the molecule is CC(C)/C=N\C1=CCN(C)CC1. The largest absolute Gasteiger partial charge is 0.302 e. The Morgan fingerprint density at radius 3 is 2.83 bits per heavy atom. The van der Waals surface area contributed by atoms with E-state index in [1.807, 2.05) is 6.21 Å². The first kappa shape index (κ1) is 9.46. The van der Waals surface area contributed by atoms with Gasteiger partial charge in [0.15, 0.2) is 0 Å². The van der Waals surface area contributed by atoms with Gasteiger partial charge in [-0.2, -0.15) is 0 Å². The molecule has 0 aromatic rings. The smallest absolute Gasteiger partial charge is 0.0385 e. The Kier molecular flexibility index (Phi) is 3.48. The molecule has 12 heavy (non-hydrogen) atoms. The van der Waals surface area contributed by atoms with Crippen molar-refractivity contribution in [3.8, 4) is 0 Å². The van der Waals surface area contributed by atoms with Crippen molar-refractivity contribution in [2.75, 3.05) is 20.1 Å². The lowest BCUT2D eigenvalue weighted by Crippen LogP contribution is -2.23. The van der Waals surface area contributed by atoms with Crippen molar-refractivity contribution >= 4 is 6.21 Å². The van der Waals surface area contributed by atoms with Crippen molar-refractivity contribution in [2.45, 2.75) is 20.3 Å². The van der Waals surface area contributed by atoms with Crippen LogP contribution < -0.4 is 0 Å². The van der Waals surface area contributed by atoms with Gasteiger partial charge in [0.25, 0.3) is 0 Å². The van der Waals surface area contributed by atoms with Crippen molar-refractivity contribution in [3.05, 3.63) is 11.8 Å². The zero-order chi connectivity index (χ0) is 8.97. The van der Waals surface area contributed by atoms with Crippen LogP contribution in [0.5, 0.6) is 0 Å². The summed E-state index contributed by atoms with van der Waals surface area (Å²) in [5.41, 5.74) is 1.25. The van der Waals surface area contributed by atoms with Crippen LogP contribution in [0.1, 0.15) is 20.3 Å². The van der Waals surface area contributed by atoms with Crippen LogP contribution in [0, 0.1) is 5.92 Å². The topological polar surface area (TPSA) is 15.6 Å². The number of hydrogen-bond acceptors (Lipinski definition) is 2. The molecule has 0 amide bonds. The molecule has 0 aromatic heterocycles. The quantitative estimate of drug-likeness (QED) is 0.572. The second kappa shape index (κ2) is 4.41.